The Kier molecular flexibility index (Phi) is 18.0. The first-order valence-electron chi connectivity index (χ1n) is 14.4. The first-order chi connectivity index (χ1) is 21.3. The van der Waals surface area contributed by atoms with Crippen LogP contribution in [0.3, 0.4) is 0 Å². The third-order valence-corrected chi connectivity index (χ3v) is 6.41. The second-order valence-electron chi connectivity index (χ2n) is 10.6. The Morgan fingerprint density at radius 1 is 0.600 bits per heavy atom. The summed E-state index contributed by atoms with van der Waals surface area (Å²) in [6, 6.07) is 0. The number of esters is 1. The van der Waals surface area contributed by atoms with Crippen molar-refractivity contribution in [1.82, 2.24) is 0 Å². The van der Waals surface area contributed by atoms with Crippen LogP contribution in [0.25, 0.3) is 0 Å². The van der Waals surface area contributed by atoms with Gasteiger partial charge in [0.15, 0.2) is 0 Å². The van der Waals surface area contributed by atoms with Gasteiger partial charge in [-0.3, -0.25) is 0 Å². The summed E-state index contributed by atoms with van der Waals surface area (Å²) < 4.78 is 10.3. The van der Waals surface area contributed by atoms with Crippen LogP contribution in [0, 0.1) is 0 Å². The van der Waals surface area contributed by atoms with Crippen LogP contribution in [-0.2, 0) is 19.1 Å². The maximum atomic E-state index is 12.4. The molecule has 0 aromatic carbocycles. The lowest BCUT2D eigenvalue weighted by atomic mass is 9.99. The summed E-state index contributed by atoms with van der Waals surface area (Å²) in [5.41, 5.74) is 4.54. The first-order valence-corrected chi connectivity index (χ1v) is 14.4. The molecule has 0 aromatic rings. The summed E-state index contributed by atoms with van der Waals surface area (Å²) >= 11 is 0. The van der Waals surface area contributed by atoms with Gasteiger partial charge in [-0.25, -0.2) is 9.59 Å². The lowest BCUT2D eigenvalue weighted by Crippen LogP contribution is -2.59. The highest BCUT2D eigenvalue weighted by Gasteiger charge is 2.45. The number of carboxylic acids is 1. The Bertz CT molecular complexity index is 1340. The van der Waals surface area contributed by atoms with Crippen molar-refractivity contribution in [3.05, 3.63) is 131 Å². The zero-order valence-corrected chi connectivity index (χ0v) is 26.7. The molecule has 0 amide bonds. The lowest BCUT2D eigenvalue weighted by Gasteiger charge is -2.39. The fraction of sp³-hybridized carbons (Fsp3) is 0.333. The van der Waals surface area contributed by atoms with Crippen molar-refractivity contribution in [2.75, 3.05) is 6.61 Å². The molecule has 0 saturated carbocycles. The van der Waals surface area contributed by atoms with Gasteiger partial charge in [0.1, 0.15) is 24.4 Å². The number of hydrogen-bond acceptors (Lipinski definition) is 8. The Labute approximate surface area is 265 Å². The molecule has 1 aliphatic rings. The monoisotopic (exact) mass is 622 g/mol. The first kappa shape index (κ1) is 38.9. The number of allylic oxidation sites excluding steroid dienone is 20. The highest BCUT2D eigenvalue weighted by Crippen LogP contribution is 2.22. The van der Waals surface area contributed by atoms with Crippen LogP contribution in [0.5, 0.6) is 0 Å². The summed E-state index contributed by atoms with van der Waals surface area (Å²) in [6.07, 6.45) is 22.2. The van der Waals surface area contributed by atoms with E-state index in [4.69, 9.17) is 14.6 Å². The number of aliphatic hydroxyl groups excluding tert-OH is 4. The summed E-state index contributed by atoms with van der Waals surface area (Å²) in [4.78, 5) is 23.1. The van der Waals surface area contributed by atoms with E-state index in [-0.39, 0.29) is 11.1 Å². The fourth-order valence-corrected chi connectivity index (χ4v) is 3.53. The Hall–Kier alpha value is -4.12. The maximum Gasteiger partial charge on any atom is 0.336 e. The predicted molar refractivity (Wildman–Crippen MR) is 176 cm³/mol. The summed E-state index contributed by atoms with van der Waals surface area (Å²) in [5, 5.41) is 47.8. The van der Waals surface area contributed by atoms with Crippen LogP contribution < -0.4 is 0 Å². The number of carbonyl (C=O) groups excluding carboxylic acids is 1. The zero-order chi connectivity index (χ0) is 33.9. The quantitative estimate of drug-likeness (QED) is 0.104. The van der Waals surface area contributed by atoms with Crippen molar-refractivity contribution in [2.24, 2.45) is 0 Å². The van der Waals surface area contributed by atoms with E-state index >= 15 is 0 Å². The average Bonchev–Trinajstić information content (AvgIpc) is 2.99. The van der Waals surface area contributed by atoms with Crippen LogP contribution in [0.2, 0.25) is 0 Å². The molecule has 1 saturated heterocycles. The van der Waals surface area contributed by atoms with Gasteiger partial charge in [0.2, 0.25) is 6.29 Å². The van der Waals surface area contributed by atoms with E-state index in [1.165, 1.54) is 13.0 Å². The number of carboxylic acid groups (broad SMARTS) is 1. The standard InChI is InChI=1S/C36H46O9/c1-24(15-9-17-26(3)19-11-21-28(5)34(41)42)13-7-8-14-25(2)16-10-18-27(4)20-12-22-29(6)35(43)45-36-33(40)32(39)31(38)30(23-37)44-36/h7-22,30-33,36-40H,23H2,1-6H3,(H,41,42)/b8-7+,15-9+,16-10+,19-11+,20-12+,24-13+,25-14+,26-17+,27-18+,28-21+,29-22+/t30-,31+,32-,33-,36-/m0/s1. The number of carbonyl (C=O) groups is 2. The second-order valence-corrected chi connectivity index (χ2v) is 10.6. The Morgan fingerprint density at radius 2 is 1.00 bits per heavy atom. The SMILES string of the molecule is CC(/C=C/C=C(C)/C=C/C=C(\C)C(=O)O)=C\C=C\C=C(C)\C=C\C=C(C)\C=C\C=C(/C)C(=O)O[C@@H]1O[C@@H](CO)[C@@H](O)[C@H](O)[C@@H]1O. The normalized spacial score (nSPS) is 25.1. The van der Waals surface area contributed by atoms with Gasteiger partial charge in [0.25, 0.3) is 0 Å². The molecule has 0 unspecified atom stereocenters. The molecule has 244 valence electrons. The minimum absolute atomic E-state index is 0.221. The van der Waals surface area contributed by atoms with Crippen molar-refractivity contribution >= 4 is 11.9 Å². The molecular weight excluding hydrogens is 576 g/mol. The largest absolute Gasteiger partial charge is 0.478 e. The van der Waals surface area contributed by atoms with Gasteiger partial charge in [-0.2, -0.15) is 0 Å². The van der Waals surface area contributed by atoms with Crippen molar-refractivity contribution < 1.29 is 44.6 Å². The lowest BCUT2D eigenvalue weighted by molar-refractivity contribution is -0.291. The third-order valence-electron chi connectivity index (χ3n) is 6.41. The van der Waals surface area contributed by atoms with Crippen LogP contribution >= 0.6 is 0 Å². The molecule has 45 heavy (non-hydrogen) atoms. The molecule has 1 fully saturated rings. The van der Waals surface area contributed by atoms with Crippen LogP contribution in [0.1, 0.15) is 41.5 Å². The molecule has 9 nitrogen and oxygen atoms in total. The Morgan fingerprint density at radius 3 is 1.42 bits per heavy atom. The predicted octanol–water partition coefficient (Wildman–Crippen LogP) is 4.87. The van der Waals surface area contributed by atoms with Crippen LogP contribution in [-0.4, -0.2) is 74.8 Å². The summed E-state index contributed by atoms with van der Waals surface area (Å²) in [7, 11) is 0. The summed E-state index contributed by atoms with van der Waals surface area (Å²) in [5.74, 6) is -1.71. The van der Waals surface area contributed by atoms with E-state index in [2.05, 4.69) is 0 Å². The second kappa shape index (κ2) is 20.8. The number of aliphatic carboxylic acids is 1. The molecule has 0 bridgehead atoms. The van der Waals surface area contributed by atoms with Crippen molar-refractivity contribution in [2.45, 2.75) is 72.2 Å². The van der Waals surface area contributed by atoms with E-state index in [1.807, 2.05) is 94.5 Å². The molecule has 0 spiro atoms. The Balaban J connectivity index is 2.61. The van der Waals surface area contributed by atoms with Crippen molar-refractivity contribution in [1.29, 1.82) is 0 Å². The van der Waals surface area contributed by atoms with Crippen LogP contribution in [0.15, 0.2) is 131 Å². The highest BCUT2D eigenvalue weighted by atomic mass is 16.7. The van der Waals surface area contributed by atoms with Gasteiger partial charge in [0.05, 0.1) is 6.61 Å². The van der Waals surface area contributed by atoms with E-state index in [1.54, 1.807) is 31.2 Å². The van der Waals surface area contributed by atoms with Gasteiger partial charge >= 0.3 is 11.9 Å². The molecule has 1 aliphatic heterocycles. The van der Waals surface area contributed by atoms with Gasteiger partial charge in [-0.1, -0.05) is 120 Å². The molecule has 5 atom stereocenters. The van der Waals surface area contributed by atoms with E-state index in [9.17, 15) is 30.0 Å². The smallest absolute Gasteiger partial charge is 0.336 e. The minimum Gasteiger partial charge on any atom is -0.478 e. The fourth-order valence-electron chi connectivity index (χ4n) is 3.53. The summed E-state index contributed by atoms with van der Waals surface area (Å²) in [6.45, 7) is 10.3. The molecule has 0 aliphatic carbocycles. The van der Waals surface area contributed by atoms with E-state index in [0.29, 0.717) is 0 Å². The molecule has 0 radical (unpaired) electrons. The van der Waals surface area contributed by atoms with Gasteiger partial charge in [-0.15, -0.1) is 0 Å². The third kappa shape index (κ3) is 15.4. The molecule has 5 N–H and O–H groups in total. The number of aliphatic hydroxyl groups is 4. The van der Waals surface area contributed by atoms with E-state index < -0.39 is 49.3 Å². The molecular formula is C36H46O9. The number of hydrogen-bond donors (Lipinski definition) is 5. The minimum atomic E-state index is -1.66. The van der Waals surface area contributed by atoms with E-state index in [0.717, 1.165) is 22.3 Å². The molecule has 1 rings (SSSR count). The average molecular weight is 623 g/mol. The number of rotatable bonds is 14. The number of ether oxygens (including phenoxy) is 2. The zero-order valence-electron chi connectivity index (χ0n) is 26.7. The highest BCUT2D eigenvalue weighted by molar-refractivity contribution is 5.88. The van der Waals surface area contributed by atoms with Crippen LogP contribution in [0.4, 0.5) is 0 Å². The van der Waals surface area contributed by atoms with Crippen molar-refractivity contribution in [3.8, 4) is 0 Å². The molecule has 0 aromatic heterocycles. The molecule has 9 heteroatoms. The van der Waals surface area contributed by atoms with Gasteiger partial charge in [-0.05, 0) is 41.5 Å². The van der Waals surface area contributed by atoms with Gasteiger partial charge in [0, 0.05) is 11.1 Å². The topological polar surface area (TPSA) is 154 Å². The molecule has 1 heterocycles. The maximum absolute atomic E-state index is 12.4. The van der Waals surface area contributed by atoms with Gasteiger partial charge < -0.3 is 35.0 Å². The van der Waals surface area contributed by atoms with Crippen molar-refractivity contribution in [3.63, 3.8) is 0 Å².